The molecule has 0 radical (unpaired) electrons. The van der Waals surface area contributed by atoms with E-state index in [4.69, 9.17) is 9.47 Å². The van der Waals surface area contributed by atoms with Crippen LogP contribution in [-0.2, 0) is 4.74 Å². The second-order valence-corrected chi connectivity index (χ2v) is 7.61. The van der Waals surface area contributed by atoms with Crippen molar-refractivity contribution in [3.8, 4) is 5.75 Å². The summed E-state index contributed by atoms with van der Waals surface area (Å²) in [5.74, 6) is 2.26. The van der Waals surface area contributed by atoms with Crippen molar-refractivity contribution in [2.45, 2.75) is 26.4 Å². The molecular formula is C18H29BrClNO3. The van der Waals surface area contributed by atoms with Gasteiger partial charge in [-0.3, -0.25) is 0 Å². The zero-order valence-electron chi connectivity index (χ0n) is 14.5. The highest BCUT2D eigenvalue weighted by Crippen LogP contribution is 2.21. The molecule has 0 aliphatic carbocycles. The highest BCUT2D eigenvalue weighted by atomic mass is 79.9. The Hall–Kier alpha value is -0.330. The van der Waals surface area contributed by atoms with Crippen molar-refractivity contribution in [1.82, 2.24) is 4.90 Å². The van der Waals surface area contributed by atoms with Crippen LogP contribution in [0.15, 0.2) is 28.7 Å². The fraction of sp³-hybridized carbons (Fsp3) is 0.667. The van der Waals surface area contributed by atoms with Crippen molar-refractivity contribution in [2.24, 2.45) is 11.8 Å². The molecule has 138 valence electrons. The Kier molecular flexibility index (Phi) is 10.2. The molecule has 1 heterocycles. The lowest BCUT2D eigenvalue weighted by molar-refractivity contribution is -0.00211. The monoisotopic (exact) mass is 421 g/mol. The van der Waals surface area contributed by atoms with Gasteiger partial charge in [-0.25, -0.2) is 0 Å². The van der Waals surface area contributed by atoms with Crippen LogP contribution in [0.4, 0.5) is 0 Å². The van der Waals surface area contributed by atoms with E-state index in [-0.39, 0.29) is 12.4 Å². The summed E-state index contributed by atoms with van der Waals surface area (Å²) in [7, 11) is 0. The molecule has 1 aromatic carbocycles. The minimum atomic E-state index is -0.430. The second-order valence-electron chi connectivity index (χ2n) is 6.70. The van der Waals surface area contributed by atoms with E-state index in [1.54, 1.807) is 0 Å². The van der Waals surface area contributed by atoms with Gasteiger partial charge in [0.05, 0.1) is 19.3 Å². The van der Waals surface area contributed by atoms with Gasteiger partial charge in [0.1, 0.15) is 12.4 Å². The molecule has 2 rings (SSSR count). The first-order chi connectivity index (χ1) is 11.0. The van der Waals surface area contributed by atoms with E-state index in [1.807, 2.05) is 24.3 Å². The van der Waals surface area contributed by atoms with E-state index in [0.717, 1.165) is 23.3 Å². The van der Waals surface area contributed by atoms with E-state index < -0.39 is 6.10 Å². The summed E-state index contributed by atoms with van der Waals surface area (Å²) in [6, 6.07) is 7.72. The van der Waals surface area contributed by atoms with E-state index >= 15 is 0 Å². The van der Waals surface area contributed by atoms with Gasteiger partial charge in [-0.05, 0) is 42.5 Å². The van der Waals surface area contributed by atoms with Gasteiger partial charge in [-0.1, -0.05) is 29.8 Å². The van der Waals surface area contributed by atoms with Gasteiger partial charge < -0.3 is 19.5 Å². The first-order valence-corrected chi connectivity index (χ1v) is 9.18. The summed E-state index contributed by atoms with van der Waals surface area (Å²) >= 11 is 3.39. The number of aliphatic hydroxyl groups is 1. The number of rotatable bonds is 8. The van der Waals surface area contributed by atoms with Gasteiger partial charge in [0.2, 0.25) is 0 Å². The largest absolute Gasteiger partial charge is 0.491 e. The summed E-state index contributed by atoms with van der Waals surface area (Å²) in [5.41, 5.74) is 0. The molecule has 1 aromatic rings. The number of halogens is 2. The Labute approximate surface area is 160 Å². The molecule has 0 bridgehead atoms. The van der Waals surface area contributed by atoms with Crippen molar-refractivity contribution in [1.29, 1.82) is 0 Å². The number of hydrogen-bond donors (Lipinski definition) is 1. The van der Waals surface area contributed by atoms with Gasteiger partial charge in [-0.15, -0.1) is 12.4 Å². The predicted molar refractivity (Wildman–Crippen MR) is 103 cm³/mol. The third-order valence-electron chi connectivity index (χ3n) is 4.03. The molecule has 1 saturated heterocycles. The number of ether oxygens (including phenoxy) is 2. The van der Waals surface area contributed by atoms with Crippen LogP contribution in [-0.4, -0.2) is 55.6 Å². The Morgan fingerprint density at radius 1 is 1.17 bits per heavy atom. The number of benzene rings is 1. The highest BCUT2D eigenvalue weighted by molar-refractivity contribution is 9.10. The molecule has 3 atom stereocenters. The van der Waals surface area contributed by atoms with E-state index in [0.29, 0.717) is 38.2 Å². The van der Waals surface area contributed by atoms with Crippen LogP contribution >= 0.6 is 28.3 Å². The van der Waals surface area contributed by atoms with Gasteiger partial charge >= 0.3 is 0 Å². The molecule has 1 N–H and O–H groups in total. The summed E-state index contributed by atoms with van der Waals surface area (Å²) in [4.78, 5) is 2.35. The lowest BCUT2D eigenvalue weighted by atomic mass is 9.92. The van der Waals surface area contributed by atoms with Crippen LogP contribution in [0.3, 0.4) is 0 Å². The van der Waals surface area contributed by atoms with Crippen LogP contribution in [0.5, 0.6) is 5.75 Å². The van der Waals surface area contributed by atoms with Gasteiger partial charge in [0.15, 0.2) is 0 Å². The molecule has 1 aliphatic rings. The Morgan fingerprint density at radius 2 is 1.79 bits per heavy atom. The molecule has 0 amide bonds. The van der Waals surface area contributed by atoms with Crippen LogP contribution in [0.1, 0.15) is 20.3 Å². The first-order valence-electron chi connectivity index (χ1n) is 8.39. The van der Waals surface area contributed by atoms with Crippen molar-refractivity contribution in [2.75, 3.05) is 39.5 Å². The summed E-state index contributed by atoms with van der Waals surface area (Å²) in [6.07, 6.45) is 0.858. The summed E-state index contributed by atoms with van der Waals surface area (Å²) in [6.45, 7) is 8.76. The minimum Gasteiger partial charge on any atom is -0.491 e. The molecule has 6 heteroatoms. The standard InChI is InChI=1S/C18H28BrNO3.ClH/c1-14-9-15(2)11-20(10-14)12-17(21)13-22-7-8-23-18-5-3-16(19)4-6-18;/h3-6,14-15,17,21H,7-13H2,1-2H3;1H. The third kappa shape index (κ3) is 8.17. The number of aliphatic hydroxyl groups excluding tert-OH is 1. The van der Waals surface area contributed by atoms with Crippen LogP contribution in [0, 0.1) is 11.8 Å². The number of hydrogen-bond acceptors (Lipinski definition) is 4. The average molecular weight is 423 g/mol. The molecule has 1 aliphatic heterocycles. The molecule has 0 saturated carbocycles. The third-order valence-corrected chi connectivity index (χ3v) is 4.56. The van der Waals surface area contributed by atoms with Crippen LogP contribution in [0.2, 0.25) is 0 Å². The maximum Gasteiger partial charge on any atom is 0.119 e. The number of likely N-dealkylation sites (tertiary alicyclic amines) is 1. The van der Waals surface area contributed by atoms with E-state index in [1.165, 1.54) is 6.42 Å². The highest BCUT2D eigenvalue weighted by Gasteiger charge is 2.23. The average Bonchev–Trinajstić information content (AvgIpc) is 2.47. The van der Waals surface area contributed by atoms with Crippen LogP contribution < -0.4 is 4.74 Å². The fourth-order valence-corrected chi connectivity index (χ4v) is 3.52. The Bertz CT molecular complexity index is 450. The normalized spacial score (nSPS) is 22.7. The molecular weight excluding hydrogens is 394 g/mol. The first kappa shape index (κ1) is 21.7. The molecule has 0 aromatic heterocycles. The second kappa shape index (κ2) is 11.3. The molecule has 3 unspecified atom stereocenters. The lowest BCUT2D eigenvalue weighted by Crippen LogP contribution is -2.43. The number of β-amino-alcohol motifs (C(OH)–C–C–N with tert-alkyl or cyclic N) is 1. The molecule has 24 heavy (non-hydrogen) atoms. The Balaban J connectivity index is 0.00000288. The summed E-state index contributed by atoms with van der Waals surface area (Å²) in [5, 5.41) is 10.1. The van der Waals surface area contributed by atoms with Crippen molar-refractivity contribution < 1.29 is 14.6 Å². The van der Waals surface area contributed by atoms with Crippen LogP contribution in [0.25, 0.3) is 0 Å². The Morgan fingerprint density at radius 3 is 2.42 bits per heavy atom. The van der Waals surface area contributed by atoms with Crippen molar-refractivity contribution >= 4 is 28.3 Å². The lowest BCUT2D eigenvalue weighted by Gasteiger charge is -2.35. The zero-order chi connectivity index (χ0) is 16.7. The molecule has 0 spiro atoms. The SMILES string of the molecule is CC1CC(C)CN(CC(O)COCCOc2ccc(Br)cc2)C1.Cl. The predicted octanol–water partition coefficient (Wildman–Crippen LogP) is 3.61. The maximum absolute atomic E-state index is 10.1. The van der Waals surface area contributed by atoms with Crippen molar-refractivity contribution in [3.05, 3.63) is 28.7 Å². The van der Waals surface area contributed by atoms with Crippen molar-refractivity contribution in [3.63, 3.8) is 0 Å². The molecule has 1 fully saturated rings. The quantitative estimate of drug-likeness (QED) is 0.650. The fourth-order valence-electron chi connectivity index (χ4n) is 3.26. The van der Waals surface area contributed by atoms with Gasteiger partial charge in [-0.2, -0.15) is 0 Å². The summed E-state index contributed by atoms with van der Waals surface area (Å²) < 4.78 is 12.1. The smallest absolute Gasteiger partial charge is 0.119 e. The van der Waals surface area contributed by atoms with E-state index in [2.05, 4.69) is 34.7 Å². The molecule has 4 nitrogen and oxygen atoms in total. The topological polar surface area (TPSA) is 41.9 Å². The number of nitrogens with zero attached hydrogens (tertiary/aromatic N) is 1. The zero-order valence-corrected chi connectivity index (χ0v) is 16.9. The van der Waals surface area contributed by atoms with Gasteiger partial charge in [0.25, 0.3) is 0 Å². The maximum atomic E-state index is 10.1. The van der Waals surface area contributed by atoms with E-state index in [9.17, 15) is 5.11 Å². The van der Waals surface area contributed by atoms with Gasteiger partial charge in [0, 0.05) is 24.1 Å². The minimum absolute atomic E-state index is 0. The number of piperidine rings is 1.